The first-order valence-electron chi connectivity index (χ1n) is 13.9. The number of nitrogens with zero attached hydrogens (tertiary/aromatic N) is 3. The molecule has 4 aromatic carbocycles. The standard InChI is InChI=1S/C34H30N6O4/c1-35-32(41)20-9-11-21(12-10-20)33(42)37-26-19-24(14-16-30(26)44-4)36-34(43)23-13-15-28-25(17-23)31(38-40(28)3)29-18-22-7-5-6-8-27(22)39(29)2/h5-19H,1-4H3,(H,35,41)(H,36,43)(H,37,42). The zero-order valence-electron chi connectivity index (χ0n) is 24.6. The predicted molar refractivity (Wildman–Crippen MR) is 171 cm³/mol. The van der Waals surface area contributed by atoms with Gasteiger partial charge in [0.05, 0.1) is 24.0 Å². The summed E-state index contributed by atoms with van der Waals surface area (Å²) in [5.74, 6) is -0.520. The minimum absolute atomic E-state index is 0.241. The van der Waals surface area contributed by atoms with Crippen LogP contribution in [0.4, 0.5) is 11.4 Å². The molecule has 0 saturated carbocycles. The number of aryl methyl sites for hydroxylation is 2. The lowest BCUT2D eigenvalue weighted by Gasteiger charge is -2.13. The van der Waals surface area contributed by atoms with Crippen molar-refractivity contribution >= 4 is 50.9 Å². The topological polar surface area (TPSA) is 119 Å². The molecule has 10 heteroatoms. The average Bonchev–Trinajstić information content (AvgIpc) is 3.56. The van der Waals surface area contributed by atoms with Crippen molar-refractivity contribution in [2.24, 2.45) is 14.1 Å². The summed E-state index contributed by atoms with van der Waals surface area (Å²) >= 11 is 0. The second kappa shape index (κ2) is 11.4. The summed E-state index contributed by atoms with van der Waals surface area (Å²) in [4.78, 5) is 38.3. The van der Waals surface area contributed by atoms with Gasteiger partial charge in [-0.2, -0.15) is 5.10 Å². The van der Waals surface area contributed by atoms with Gasteiger partial charge in [-0.1, -0.05) is 18.2 Å². The Balaban J connectivity index is 1.26. The summed E-state index contributed by atoms with van der Waals surface area (Å²) in [7, 11) is 6.94. The highest BCUT2D eigenvalue weighted by molar-refractivity contribution is 6.09. The second-order valence-corrected chi connectivity index (χ2v) is 10.3. The monoisotopic (exact) mass is 586 g/mol. The van der Waals surface area contributed by atoms with Crippen molar-refractivity contribution in [1.29, 1.82) is 0 Å². The lowest BCUT2D eigenvalue weighted by molar-refractivity contribution is 0.0960. The van der Waals surface area contributed by atoms with E-state index < -0.39 is 5.91 Å². The normalized spacial score (nSPS) is 11.0. The molecular formula is C34H30N6O4. The molecule has 3 N–H and O–H groups in total. The Kier molecular flexibility index (Phi) is 7.32. The van der Waals surface area contributed by atoms with Crippen molar-refractivity contribution in [3.63, 3.8) is 0 Å². The van der Waals surface area contributed by atoms with Gasteiger partial charge in [0, 0.05) is 59.8 Å². The van der Waals surface area contributed by atoms with E-state index in [1.54, 1.807) is 55.6 Å². The molecule has 0 spiro atoms. The SMILES string of the molecule is CNC(=O)c1ccc(C(=O)Nc2cc(NC(=O)c3ccc4c(c3)c(-c3cc5ccccc5n3C)nn4C)ccc2OC)cc1. The summed E-state index contributed by atoms with van der Waals surface area (Å²) in [6.45, 7) is 0. The fourth-order valence-corrected chi connectivity index (χ4v) is 5.31. The summed E-state index contributed by atoms with van der Waals surface area (Å²) < 4.78 is 9.36. The molecule has 44 heavy (non-hydrogen) atoms. The Bertz CT molecular complexity index is 2070. The number of carbonyl (C=O) groups is 3. The van der Waals surface area contributed by atoms with Crippen LogP contribution in [0.25, 0.3) is 33.2 Å². The third-order valence-corrected chi connectivity index (χ3v) is 7.65. The molecule has 3 amide bonds. The summed E-state index contributed by atoms with van der Waals surface area (Å²) in [5, 5.41) is 15.1. The fraction of sp³-hybridized carbons (Fsp3) is 0.118. The largest absolute Gasteiger partial charge is 0.495 e. The third-order valence-electron chi connectivity index (χ3n) is 7.65. The quantitative estimate of drug-likeness (QED) is 0.225. The molecule has 0 saturated heterocycles. The second-order valence-electron chi connectivity index (χ2n) is 10.3. The van der Waals surface area contributed by atoms with Gasteiger partial charge in [0.15, 0.2) is 0 Å². The summed E-state index contributed by atoms with van der Waals surface area (Å²) in [5.41, 5.74) is 5.86. The molecule has 2 heterocycles. The number of hydrogen-bond donors (Lipinski definition) is 3. The molecule has 0 aliphatic carbocycles. The van der Waals surface area contributed by atoms with Gasteiger partial charge in [-0.3, -0.25) is 19.1 Å². The Morgan fingerprint density at radius 2 is 1.41 bits per heavy atom. The third kappa shape index (κ3) is 5.13. The van der Waals surface area contributed by atoms with Crippen LogP contribution in [0.15, 0.2) is 91.0 Å². The molecule has 6 rings (SSSR count). The number of fused-ring (bicyclic) bond motifs is 2. The number of methoxy groups -OCH3 is 1. The Hall–Kier alpha value is -5.90. The molecule has 0 radical (unpaired) electrons. The Morgan fingerprint density at radius 3 is 2.11 bits per heavy atom. The minimum Gasteiger partial charge on any atom is -0.495 e. The van der Waals surface area contributed by atoms with E-state index in [1.165, 1.54) is 7.11 Å². The maximum absolute atomic E-state index is 13.4. The highest BCUT2D eigenvalue weighted by atomic mass is 16.5. The number of anilines is 2. The molecule has 0 atom stereocenters. The van der Waals surface area contributed by atoms with E-state index in [2.05, 4.69) is 38.7 Å². The maximum atomic E-state index is 13.4. The average molecular weight is 587 g/mol. The predicted octanol–water partition coefficient (Wildman–Crippen LogP) is 5.60. The smallest absolute Gasteiger partial charge is 0.255 e. The van der Waals surface area contributed by atoms with Crippen LogP contribution >= 0.6 is 0 Å². The van der Waals surface area contributed by atoms with Gasteiger partial charge in [0.2, 0.25) is 0 Å². The molecule has 0 aliphatic heterocycles. The number of ether oxygens (including phenoxy) is 1. The van der Waals surface area contributed by atoms with E-state index >= 15 is 0 Å². The first-order chi connectivity index (χ1) is 21.3. The van der Waals surface area contributed by atoms with Crippen LogP contribution < -0.4 is 20.7 Å². The highest BCUT2D eigenvalue weighted by Gasteiger charge is 2.18. The van der Waals surface area contributed by atoms with Crippen molar-refractivity contribution in [1.82, 2.24) is 19.7 Å². The molecule has 0 bridgehead atoms. The number of amides is 3. The Morgan fingerprint density at radius 1 is 0.727 bits per heavy atom. The zero-order valence-corrected chi connectivity index (χ0v) is 24.6. The lowest BCUT2D eigenvalue weighted by atomic mass is 10.1. The first-order valence-corrected chi connectivity index (χ1v) is 13.9. The molecule has 220 valence electrons. The van der Waals surface area contributed by atoms with Crippen LogP contribution in [0.2, 0.25) is 0 Å². The molecule has 0 unspecified atom stereocenters. The number of rotatable bonds is 7. The van der Waals surface area contributed by atoms with Crippen LogP contribution in [0.3, 0.4) is 0 Å². The Labute approximate surface area is 253 Å². The van der Waals surface area contributed by atoms with Gasteiger partial charge in [-0.15, -0.1) is 0 Å². The van der Waals surface area contributed by atoms with E-state index in [-0.39, 0.29) is 11.8 Å². The number of para-hydroxylation sites is 1. The van der Waals surface area contributed by atoms with Crippen LogP contribution in [0.1, 0.15) is 31.1 Å². The summed E-state index contributed by atoms with van der Waals surface area (Å²) in [6.07, 6.45) is 0. The lowest BCUT2D eigenvalue weighted by Crippen LogP contribution is -2.18. The molecule has 0 fully saturated rings. The molecule has 10 nitrogen and oxygen atoms in total. The fourth-order valence-electron chi connectivity index (χ4n) is 5.31. The van der Waals surface area contributed by atoms with E-state index in [1.807, 2.05) is 43.0 Å². The van der Waals surface area contributed by atoms with Crippen molar-refractivity contribution in [2.75, 3.05) is 24.8 Å². The van der Waals surface area contributed by atoms with E-state index in [9.17, 15) is 14.4 Å². The zero-order chi connectivity index (χ0) is 31.0. The van der Waals surface area contributed by atoms with Gasteiger partial charge in [0.25, 0.3) is 17.7 Å². The molecule has 0 aliphatic rings. The van der Waals surface area contributed by atoms with Crippen LogP contribution in [-0.4, -0.2) is 46.2 Å². The maximum Gasteiger partial charge on any atom is 0.255 e. The highest BCUT2D eigenvalue weighted by Crippen LogP contribution is 2.33. The number of hydrogen-bond acceptors (Lipinski definition) is 5. The summed E-state index contributed by atoms with van der Waals surface area (Å²) in [6, 6.07) is 27.0. The minimum atomic E-state index is -0.391. The molecule has 6 aromatic rings. The van der Waals surface area contributed by atoms with Crippen molar-refractivity contribution in [2.45, 2.75) is 0 Å². The molecular weight excluding hydrogens is 556 g/mol. The number of benzene rings is 4. The van der Waals surface area contributed by atoms with Gasteiger partial charge < -0.3 is 25.3 Å². The van der Waals surface area contributed by atoms with Gasteiger partial charge in [0.1, 0.15) is 11.4 Å². The van der Waals surface area contributed by atoms with Crippen LogP contribution in [0.5, 0.6) is 5.75 Å². The van der Waals surface area contributed by atoms with Crippen molar-refractivity contribution in [3.8, 4) is 17.1 Å². The van der Waals surface area contributed by atoms with Gasteiger partial charge >= 0.3 is 0 Å². The van der Waals surface area contributed by atoms with E-state index in [0.29, 0.717) is 33.8 Å². The van der Waals surface area contributed by atoms with Crippen LogP contribution in [0, 0.1) is 0 Å². The van der Waals surface area contributed by atoms with E-state index in [4.69, 9.17) is 9.84 Å². The number of nitrogens with one attached hydrogen (secondary N) is 3. The van der Waals surface area contributed by atoms with Gasteiger partial charge in [-0.05, 0) is 72.8 Å². The van der Waals surface area contributed by atoms with Crippen LogP contribution in [-0.2, 0) is 14.1 Å². The molecule has 2 aromatic heterocycles. The van der Waals surface area contributed by atoms with Crippen molar-refractivity contribution < 1.29 is 19.1 Å². The first kappa shape index (κ1) is 28.2. The van der Waals surface area contributed by atoms with Gasteiger partial charge in [-0.25, -0.2) is 0 Å². The number of aromatic nitrogens is 3. The van der Waals surface area contributed by atoms with Crippen molar-refractivity contribution in [3.05, 3.63) is 108 Å². The number of carbonyl (C=O) groups excluding carboxylic acids is 3. The van der Waals surface area contributed by atoms with E-state index in [0.717, 1.165) is 33.2 Å².